The van der Waals surface area contributed by atoms with E-state index in [1.54, 1.807) is 20.4 Å². The molecule has 0 aliphatic rings. The van der Waals surface area contributed by atoms with E-state index in [1.807, 2.05) is 54.8 Å². The Balaban J connectivity index is 1.62. The predicted octanol–water partition coefficient (Wildman–Crippen LogP) is 4.49. The van der Waals surface area contributed by atoms with Crippen LogP contribution in [0.25, 0.3) is 0 Å². The standard InChI is InChI=1S/C20H21N3O3S/c1-14-13-27-20(22-14)23-21-11-16-6-9-18(19(10-16)25-3)26-12-15-4-7-17(24-2)8-5-15/h4-11,13H,12H2,1-3H3,(H,22,23). The van der Waals surface area contributed by atoms with Crippen molar-refractivity contribution >= 4 is 22.7 Å². The molecule has 0 aliphatic heterocycles. The number of hydrogen-bond acceptors (Lipinski definition) is 7. The summed E-state index contributed by atoms with van der Waals surface area (Å²) in [5.41, 5.74) is 5.83. The molecule has 0 bridgehead atoms. The summed E-state index contributed by atoms with van der Waals surface area (Å²) < 4.78 is 16.5. The Morgan fingerprint density at radius 3 is 2.56 bits per heavy atom. The second-order valence-electron chi connectivity index (χ2n) is 5.71. The second-order valence-corrected chi connectivity index (χ2v) is 6.57. The highest BCUT2D eigenvalue weighted by Gasteiger charge is 2.06. The van der Waals surface area contributed by atoms with Gasteiger partial charge in [0.05, 0.1) is 26.1 Å². The van der Waals surface area contributed by atoms with Gasteiger partial charge >= 0.3 is 0 Å². The molecule has 140 valence electrons. The first-order valence-electron chi connectivity index (χ1n) is 8.33. The van der Waals surface area contributed by atoms with Gasteiger partial charge in [-0.05, 0) is 48.4 Å². The molecule has 6 nitrogen and oxygen atoms in total. The number of methoxy groups -OCH3 is 2. The summed E-state index contributed by atoms with van der Waals surface area (Å²) in [7, 11) is 3.27. The molecule has 2 aromatic carbocycles. The molecule has 0 spiro atoms. The molecule has 0 saturated heterocycles. The first-order chi connectivity index (χ1) is 13.2. The van der Waals surface area contributed by atoms with Gasteiger partial charge in [-0.15, -0.1) is 11.3 Å². The van der Waals surface area contributed by atoms with E-state index in [9.17, 15) is 0 Å². The van der Waals surface area contributed by atoms with Gasteiger partial charge in [-0.25, -0.2) is 4.98 Å². The SMILES string of the molecule is COc1ccc(COc2ccc(C=NNc3nc(C)cs3)cc2OC)cc1. The summed E-state index contributed by atoms with van der Waals surface area (Å²) in [5.74, 6) is 2.15. The molecule has 0 atom stereocenters. The van der Waals surface area contributed by atoms with Crippen molar-refractivity contribution in [1.29, 1.82) is 0 Å². The molecule has 0 amide bonds. The number of rotatable bonds is 8. The average molecular weight is 383 g/mol. The lowest BCUT2D eigenvalue weighted by atomic mass is 10.2. The van der Waals surface area contributed by atoms with Crippen LogP contribution < -0.4 is 19.6 Å². The fourth-order valence-corrected chi connectivity index (χ4v) is 2.97. The minimum absolute atomic E-state index is 0.443. The Hall–Kier alpha value is -3.06. The number of aryl methyl sites for hydroxylation is 1. The van der Waals surface area contributed by atoms with Crippen LogP contribution in [0, 0.1) is 6.92 Å². The number of thiazole rings is 1. The van der Waals surface area contributed by atoms with Crippen molar-refractivity contribution in [2.45, 2.75) is 13.5 Å². The fourth-order valence-electron chi connectivity index (χ4n) is 2.33. The zero-order valence-corrected chi connectivity index (χ0v) is 16.2. The highest BCUT2D eigenvalue weighted by Crippen LogP contribution is 2.28. The number of anilines is 1. The maximum atomic E-state index is 5.88. The number of ether oxygens (including phenoxy) is 3. The van der Waals surface area contributed by atoms with Gasteiger partial charge in [-0.1, -0.05) is 12.1 Å². The average Bonchev–Trinajstić information content (AvgIpc) is 3.12. The quantitative estimate of drug-likeness (QED) is 0.458. The maximum Gasteiger partial charge on any atom is 0.203 e. The molecule has 27 heavy (non-hydrogen) atoms. The van der Waals surface area contributed by atoms with E-state index in [-0.39, 0.29) is 0 Å². The van der Waals surface area contributed by atoms with Crippen LogP contribution in [-0.2, 0) is 6.61 Å². The van der Waals surface area contributed by atoms with Crippen molar-refractivity contribution in [2.75, 3.05) is 19.6 Å². The van der Waals surface area contributed by atoms with E-state index in [4.69, 9.17) is 14.2 Å². The monoisotopic (exact) mass is 383 g/mol. The van der Waals surface area contributed by atoms with Crippen LogP contribution in [0.3, 0.4) is 0 Å². The fraction of sp³-hybridized carbons (Fsp3) is 0.200. The van der Waals surface area contributed by atoms with Gasteiger partial charge in [0.25, 0.3) is 0 Å². The summed E-state index contributed by atoms with van der Waals surface area (Å²) in [6.45, 7) is 2.39. The lowest BCUT2D eigenvalue weighted by Gasteiger charge is -2.11. The normalized spacial score (nSPS) is 10.8. The van der Waals surface area contributed by atoms with E-state index >= 15 is 0 Å². The molecule has 3 aromatic rings. The molecule has 0 aliphatic carbocycles. The van der Waals surface area contributed by atoms with Crippen LogP contribution in [0.5, 0.6) is 17.2 Å². The molecule has 1 aromatic heterocycles. The zero-order chi connectivity index (χ0) is 19.1. The molecule has 3 rings (SSSR count). The topological polar surface area (TPSA) is 65.0 Å². The molecule has 0 fully saturated rings. The van der Waals surface area contributed by atoms with E-state index in [0.29, 0.717) is 18.1 Å². The molecule has 0 radical (unpaired) electrons. The van der Waals surface area contributed by atoms with Crippen molar-refractivity contribution in [3.8, 4) is 17.2 Å². The van der Waals surface area contributed by atoms with Crippen LogP contribution in [0.4, 0.5) is 5.13 Å². The van der Waals surface area contributed by atoms with Crippen LogP contribution >= 0.6 is 11.3 Å². The van der Waals surface area contributed by atoms with Crippen molar-refractivity contribution in [1.82, 2.24) is 4.98 Å². The molecule has 1 heterocycles. The van der Waals surface area contributed by atoms with Crippen molar-refractivity contribution in [3.63, 3.8) is 0 Å². The third kappa shape index (κ3) is 5.21. The minimum Gasteiger partial charge on any atom is -0.497 e. The lowest BCUT2D eigenvalue weighted by Crippen LogP contribution is -1.99. The van der Waals surface area contributed by atoms with E-state index in [2.05, 4.69) is 15.5 Å². The third-order valence-corrected chi connectivity index (χ3v) is 4.60. The number of benzene rings is 2. The largest absolute Gasteiger partial charge is 0.497 e. The molecule has 0 unspecified atom stereocenters. The van der Waals surface area contributed by atoms with Crippen molar-refractivity contribution < 1.29 is 14.2 Å². The zero-order valence-electron chi connectivity index (χ0n) is 15.4. The summed E-state index contributed by atoms with van der Waals surface area (Å²) in [6.07, 6.45) is 1.71. The molecule has 1 N–H and O–H groups in total. The van der Waals surface area contributed by atoms with Gasteiger partial charge in [0, 0.05) is 5.38 Å². The first-order valence-corrected chi connectivity index (χ1v) is 9.21. The Morgan fingerprint density at radius 2 is 1.89 bits per heavy atom. The smallest absolute Gasteiger partial charge is 0.203 e. The predicted molar refractivity (Wildman–Crippen MR) is 108 cm³/mol. The maximum absolute atomic E-state index is 5.88. The van der Waals surface area contributed by atoms with Gasteiger partial charge < -0.3 is 14.2 Å². The van der Waals surface area contributed by atoms with Gasteiger partial charge in [-0.3, -0.25) is 5.43 Å². The third-order valence-electron chi connectivity index (χ3n) is 3.73. The summed E-state index contributed by atoms with van der Waals surface area (Å²) in [5, 5.41) is 6.93. The Morgan fingerprint density at radius 1 is 1.07 bits per heavy atom. The van der Waals surface area contributed by atoms with Crippen molar-refractivity contribution in [2.24, 2.45) is 5.10 Å². The number of hydrogen-bond donors (Lipinski definition) is 1. The molecular formula is C20H21N3O3S. The van der Waals surface area contributed by atoms with Gasteiger partial charge in [0.1, 0.15) is 12.4 Å². The first kappa shape index (κ1) is 18.7. The summed E-state index contributed by atoms with van der Waals surface area (Å²) in [6, 6.07) is 13.4. The highest BCUT2D eigenvalue weighted by atomic mass is 32.1. The minimum atomic E-state index is 0.443. The molecule has 0 saturated carbocycles. The number of nitrogens with one attached hydrogen (secondary N) is 1. The van der Waals surface area contributed by atoms with Crippen LogP contribution in [0.15, 0.2) is 52.9 Å². The van der Waals surface area contributed by atoms with Gasteiger partial charge in [0.15, 0.2) is 11.5 Å². The van der Waals surface area contributed by atoms with Gasteiger partial charge in [-0.2, -0.15) is 5.10 Å². The number of aromatic nitrogens is 1. The van der Waals surface area contributed by atoms with Gasteiger partial charge in [0.2, 0.25) is 5.13 Å². The number of nitrogens with zero attached hydrogens (tertiary/aromatic N) is 2. The van der Waals surface area contributed by atoms with E-state index < -0.39 is 0 Å². The molecule has 7 heteroatoms. The van der Waals surface area contributed by atoms with Crippen LogP contribution in [0.2, 0.25) is 0 Å². The highest BCUT2D eigenvalue weighted by molar-refractivity contribution is 7.13. The molecular weight excluding hydrogens is 362 g/mol. The van der Waals surface area contributed by atoms with E-state index in [1.165, 1.54) is 11.3 Å². The van der Waals surface area contributed by atoms with Crippen molar-refractivity contribution in [3.05, 3.63) is 64.7 Å². The summed E-state index contributed by atoms with van der Waals surface area (Å²) >= 11 is 1.51. The Labute approximate surface area is 162 Å². The van der Waals surface area contributed by atoms with Crippen LogP contribution in [0.1, 0.15) is 16.8 Å². The Bertz CT molecular complexity index is 907. The summed E-state index contributed by atoms with van der Waals surface area (Å²) in [4.78, 5) is 4.29. The Kier molecular flexibility index (Phi) is 6.27. The van der Waals surface area contributed by atoms with E-state index in [0.717, 1.165) is 27.7 Å². The second kappa shape index (κ2) is 9.05. The van der Waals surface area contributed by atoms with Crippen LogP contribution in [-0.4, -0.2) is 25.4 Å². The number of hydrazone groups is 1. The lowest BCUT2D eigenvalue weighted by molar-refractivity contribution is 0.284.